The molecule has 0 bridgehead atoms. The molecular weight excluding hydrogens is 284 g/mol. The SMILES string of the molecule is C.C1CCCC1.O=C(OCO)C1CCCC1.[CH3-].[CH3-].[Fe+2]. The van der Waals surface area contributed by atoms with Crippen molar-refractivity contribution in [3.63, 3.8) is 0 Å². The third kappa shape index (κ3) is 12.7. The van der Waals surface area contributed by atoms with Crippen LogP contribution in [0.5, 0.6) is 0 Å². The first kappa shape index (κ1) is 27.3. The summed E-state index contributed by atoms with van der Waals surface area (Å²) >= 11 is 0. The van der Waals surface area contributed by atoms with Gasteiger partial charge in [-0.05, 0) is 12.8 Å². The molecule has 0 aromatic rings. The summed E-state index contributed by atoms with van der Waals surface area (Å²) in [4.78, 5) is 10.9. The van der Waals surface area contributed by atoms with Gasteiger partial charge >= 0.3 is 23.0 Å². The zero-order chi connectivity index (χ0) is 10.9. The monoisotopic (exact) mass is 316 g/mol. The molecule has 0 amide bonds. The van der Waals surface area contributed by atoms with Gasteiger partial charge in [0.2, 0.25) is 0 Å². The average molecular weight is 316 g/mol. The smallest absolute Gasteiger partial charge is 0.438 e. The fourth-order valence-electron chi connectivity index (χ4n) is 2.23. The second-order valence-electron chi connectivity index (χ2n) is 4.34. The first-order chi connectivity index (χ1) is 7.34. The Balaban J connectivity index is -0.000000110. The van der Waals surface area contributed by atoms with Gasteiger partial charge in [0.1, 0.15) is 0 Å². The molecule has 0 aromatic heterocycles. The van der Waals surface area contributed by atoms with Gasteiger partial charge in [-0.15, -0.1) is 0 Å². The van der Waals surface area contributed by atoms with Crippen LogP contribution in [0.4, 0.5) is 0 Å². The minimum absolute atomic E-state index is 0. The van der Waals surface area contributed by atoms with Gasteiger partial charge in [-0.1, -0.05) is 52.4 Å². The van der Waals surface area contributed by atoms with Crippen molar-refractivity contribution < 1.29 is 31.7 Å². The van der Waals surface area contributed by atoms with Gasteiger partial charge in [0.05, 0.1) is 5.92 Å². The summed E-state index contributed by atoms with van der Waals surface area (Å²) < 4.78 is 4.44. The van der Waals surface area contributed by atoms with E-state index in [4.69, 9.17) is 5.11 Å². The molecule has 19 heavy (non-hydrogen) atoms. The summed E-state index contributed by atoms with van der Waals surface area (Å²) in [6, 6.07) is 0. The van der Waals surface area contributed by atoms with Crippen LogP contribution in [0.25, 0.3) is 0 Å². The second kappa shape index (κ2) is 17.9. The molecule has 2 saturated carbocycles. The zero-order valence-corrected chi connectivity index (χ0v) is 12.9. The molecule has 2 rings (SSSR count). The Kier molecular flexibility index (Phi) is 25.8. The summed E-state index contributed by atoms with van der Waals surface area (Å²) in [5.41, 5.74) is 0. The Morgan fingerprint density at radius 2 is 1.32 bits per heavy atom. The Bertz CT molecular complexity index is 169. The van der Waals surface area contributed by atoms with Crippen molar-refractivity contribution >= 4 is 5.97 Å². The maximum Gasteiger partial charge on any atom is 2.00 e. The Hall–Kier alpha value is -0.0505. The molecule has 1 N–H and O–H groups in total. The van der Waals surface area contributed by atoms with E-state index in [1.165, 1.54) is 32.1 Å². The molecule has 118 valence electrons. The Morgan fingerprint density at radius 1 is 0.947 bits per heavy atom. The van der Waals surface area contributed by atoms with E-state index in [0.717, 1.165) is 25.7 Å². The van der Waals surface area contributed by atoms with Gasteiger partial charge in [0.15, 0.2) is 6.79 Å². The summed E-state index contributed by atoms with van der Waals surface area (Å²) in [7, 11) is 0. The van der Waals surface area contributed by atoms with Crippen molar-refractivity contribution in [3.05, 3.63) is 14.9 Å². The summed E-state index contributed by atoms with van der Waals surface area (Å²) in [5.74, 6) is -0.174. The van der Waals surface area contributed by atoms with E-state index >= 15 is 0 Å². The predicted molar refractivity (Wildman–Crippen MR) is 77.8 cm³/mol. The maximum absolute atomic E-state index is 10.9. The number of hydrogen-bond acceptors (Lipinski definition) is 3. The number of carbonyl (C=O) groups is 1. The molecule has 2 fully saturated rings. The fourth-order valence-corrected chi connectivity index (χ4v) is 2.23. The van der Waals surface area contributed by atoms with Crippen molar-refractivity contribution in [2.75, 3.05) is 6.79 Å². The number of esters is 1. The molecule has 0 heterocycles. The number of aliphatic hydroxyl groups excluding tert-OH is 1. The molecule has 0 aliphatic heterocycles. The quantitative estimate of drug-likeness (QED) is 0.360. The van der Waals surface area contributed by atoms with Crippen LogP contribution in [-0.2, 0) is 26.6 Å². The number of hydrogen-bond donors (Lipinski definition) is 1. The minimum atomic E-state index is -0.477. The number of ether oxygens (including phenoxy) is 1. The van der Waals surface area contributed by atoms with Gasteiger partial charge in [0.25, 0.3) is 0 Å². The van der Waals surface area contributed by atoms with E-state index in [-0.39, 0.29) is 51.2 Å². The van der Waals surface area contributed by atoms with Crippen molar-refractivity contribution in [3.8, 4) is 0 Å². The van der Waals surface area contributed by atoms with Gasteiger partial charge in [-0.3, -0.25) is 4.79 Å². The molecule has 0 atom stereocenters. The summed E-state index contributed by atoms with van der Waals surface area (Å²) in [6.07, 6.45) is 11.6. The zero-order valence-electron chi connectivity index (χ0n) is 11.8. The molecule has 0 spiro atoms. The summed E-state index contributed by atoms with van der Waals surface area (Å²) in [5, 5.41) is 8.25. The fraction of sp³-hybridized carbons (Fsp3) is 0.800. The molecule has 0 unspecified atom stereocenters. The van der Waals surface area contributed by atoms with Gasteiger partial charge < -0.3 is 24.7 Å². The average Bonchev–Trinajstić information content (AvgIpc) is 2.95. The van der Waals surface area contributed by atoms with Crippen LogP contribution in [0.1, 0.15) is 65.2 Å². The maximum atomic E-state index is 10.9. The van der Waals surface area contributed by atoms with Crippen LogP contribution in [0, 0.1) is 20.8 Å². The van der Waals surface area contributed by atoms with Crippen LogP contribution in [0.2, 0.25) is 0 Å². The largest absolute Gasteiger partial charge is 2.00 e. The molecule has 2 aliphatic carbocycles. The second-order valence-corrected chi connectivity index (χ2v) is 4.34. The topological polar surface area (TPSA) is 46.5 Å². The van der Waals surface area contributed by atoms with E-state index < -0.39 is 6.79 Å². The van der Waals surface area contributed by atoms with Gasteiger partial charge in [-0.2, -0.15) is 0 Å². The normalized spacial score (nSPS) is 16.5. The first-order valence-electron chi connectivity index (χ1n) is 6.12. The molecule has 2 aliphatic rings. The molecule has 0 saturated heterocycles. The van der Waals surface area contributed by atoms with Crippen LogP contribution >= 0.6 is 0 Å². The van der Waals surface area contributed by atoms with E-state index in [1.807, 2.05) is 0 Å². The van der Waals surface area contributed by atoms with E-state index in [9.17, 15) is 4.79 Å². The van der Waals surface area contributed by atoms with Crippen LogP contribution in [0.15, 0.2) is 0 Å². The molecule has 4 heteroatoms. The molecular formula is C15H32FeO3. The summed E-state index contributed by atoms with van der Waals surface area (Å²) in [6.45, 7) is -0.477. The molecule has 0 radical (unpaired) electrons. The predicted octanol–water partition coefficient (Wildman–Crippen LogP) is 4.15. The number of rotatable bonds is 2. The molecule has 0 aromatic carbocycles. The van der Waals surface area contributed by atoms with Gasteiger partial charge in [0, 0.05) is 0 Å². The molecule has 3 nitrogen and oxygen atoms in total. The van der Waals surface area contributed by atoms with Crippen molar-refractivity contribution in [2.24, 2.45) is 5.92 Å². The van der Waals surface area contributed by atoms with E-state index in [0.29, 0.717) is 0 Å². The van der Waals surface area contributed by atoms with E-state index in [2.05, 4.69) is 4.74 Å². The first-order valence-corrected chi connectivity index (χ1v) is 6.12. The van der Waals surface area contributed by atoms with Crippen LogP contribution in [0.3, 0.4) is 0 Å². The standard InChI is InChI=1S/C7H12O3.C5H10.CH4.2CH3.Fe/c8-5-10-7(9)6-3-1-2-4-6;1-2-4-5-3-1;;;;/h6,8H,1-5H2;1-5H2;1H4;2*1H3;/q;;;2*-1;+2. The van der Waals surface area contributed by atoms with Crippen molar-refractivity contribution in [2.45, 2.75) is 65.2 Å². The van der Waals surface area contributed by atoms with Crippen LogP contribution < -0.4 is 0 Å². The third-order valence-corrected chi connectivity index (χ3v) is 3.15. The Labute approximate surface area is 131 Å². The number of carbonyl (C=O) groups excluding carboxylic acids is 1. The van der Waals surface area contributed by atoms with Gasteiger partial charge in [-0.25, -0.2) is 0 Å². The number of aliphatic hydroxyl groups is 1. The Morgan fingerprint density at radius 3 is 1.63 bits per heavy atom. The minimum Gasteiger partial charge on any atom is -0.438 e. The van der Waals surface area contributed by atoms with E-state index in [1.54, 1.807) is 0 Å². The third-order valence-electron chi connectivity index (χ3n) is 3.15. The van der Waals surface area contributed by atoms with Crippen molar-refractivity contribution in [1.82, 2.24) is 0 Å². The van der Waals surface area contributed by atoms with Crippen LogP contribution in [-0.4, -0.2) is 17.9 Å². The van der Waals surface area contributed by atoms with Crippen molar-refractivity contribution in [1.29, 1.82) is 0 Å².